The zero-order valence-electron chi connectivity index (χ0n) is 21.3. The Morgan fingerprint density at radius 2 is 1.78 bits per heavy atom. The fourth-order valence-electron chi connectivity index (χ4n) is 4.33. The molecule has 3 rings (SSSR count). The Kier molecular flexibility index (Phi) is 9.47. The van der Waals surface area contributed by atoms with Crippen LogP contribution in [0, 0.1) is 0 Å². The van der Waals surface area contributed by atoms with Crippen LogP contribution < -0.4 is 10.6 Å². The molecule has 3 N–H and O–H groups in total. The van der Waals surface area contributed by atoms with Crippen molar-refractivity contribution in [3.05, 3.63) is 71.3 Å². The van der Waals surface area contributed by atoms with E-state index in [2.05, 4.69) is 10.6 Å². The molecule has 0 saturated heterocycles. The van der Waals surface area contributed by atoms with Crippen molar-refractivity contribution < 1.29 is 24.2 Å². The Bertz CT molecular complexity index is 1030. The summed E-state index contributed by atoms with van der Waals surface area (Å²) in [6.07, 6.45) is 0.829. The zero-order valence-corrected chi connectivity index (χ0v) is 21.3. The lowest BCUT2D eigenvalue weighted by Gasteiger charge is -2.34. The summed E-state index contributed by atoms with van der Waals surface area (Å²) in [6, 6.07) is 16.3. The number of alkyl carbamates (subject to hydrolysis) is 1. The van der Waals surface area contributed by atoms with E-state index >= 15 is 0 Å². The van der Waals surface area contributed by atoms with Gasteiger partial charge in [0.25, 0.3) is 5.91 Å². The van der Waals surface area contributed by atoms with Crippen molar-refractivity contribution in [2.24, 2.45) is 0 Å². The summed E-state index contributed by atoms with van der Waals surface area (Å²) < 4.78 is 5.39. The van der Waals surface area contributed by atoms with E-state index in [1.807, 2.05) is 54.6 Å². The minimum atomic E-state index is -0.650. The molecular weight excluding hydrogens is 458 g/mol. The number of fused-ring (bicyclic) bond motifs is 1. The molecule has 0 aliphatic carbocycles. The lowest BCUT2D eigenvalue weighted by atomic mass is 9.89. The number of amides is 3. The molecule has 0 spiro atoms. The molecule has 8 nitrogen and oxygen atoms in total. The first-order valence-corrected chi connectivity index (χ1v) is 12.5. The highest BCUT2D eigenvalue weighted by Crippen LogP contribution is 2.28. The normalized spacial score (nSPS) is 16.2. The second-order valence-electron chi connectivity index (χ2n) is 10.1. The third-order valence-corrected chi connectivity index (χ3v) is 6.02. The molecule has 2 aromatic rings. The molecule has 0 fully saturated rings. The van der Waals surface area contributed by atoms with E-state index in [1.54, 1.807) is 25.7 Å². The predicted octanol–water partition coefficient (Wildman–Crippen LogP) is 3.77. The predicted molar refractivity (Wildman–Crippen MR) is 138 cm³/mol. The third kappa shape index (κ3) is 7.81. The Morgan fingerprint density at radius 1 is 1.08 bits per heavy atom. The highest BCUT2D eigenvalue weighted by molar-refractivity contribution is 5.97. The molecule has 1 unspecified atom stereocenters. The lowest BCUT2D eigenvalue weighted by molar-refractivity contribution is -0.121. The van der Waals surface area contributed by atoms with Gasteiger partial charge in [0.15, 0.2) is 0 Å². The van der Waals surface area contributed by atoms with Gasteiger partial charge in [0.1, 0.15) is 5.60 Å². The largest absolute Gasteiger partial charge is 0.444 e. The molecule has 2 aromatic carbocycles. The van der Waals surface area contributed by atoms with E-state index in [-0.39, 0.29) is 30.8 Å². The summed E-state index contributed by atoms with van der Waals surface area (Å²) in [5.41, 5.74) is 1.73. The van der Waals surface area contributed by atoms with Crippen molar-refractivity contribution in [2.45, 2.75) is 57.6 Å². The molecule has 0 bridgehead atoms. The van der Waals surface area contributed by atoms with Crippen LogP contribution in [0.25, 0.3) is 0 Å². The van der Waals surface area contributed by atoms with Crippen LogP contribution in [0.1, 0.15) is 73.5 Å². The summed E-state index contributed by atoms with van der Waals surface area (Å²) in [4.78, 5) is 40.1. The minimum absolute atomic E-state index is 0.0168. The van der Waals surface area contributed by atoms with Crippen LogP contribution in [-0.4, -0.2) is 59.8 Å². The molecule has 36 heavy (non-hydrogen) atoms. The van der Waals surface area contributed by atoms with E-state index in [4.69, 9.17) is 9.84 Å². The number of nitrogens with one attached hydrogen (secondary N) is 2. The molecule has 194 valence electrons. The van der Waals surface area contributed by atoms with Gasteiger partial charge in [-0.05, 0) is 50.8 Å². The van der Waals surface area contributed by atoms with Crippen LogP contribution >= 0.6 is 0 Å². The van der Waals surface area contributed by atoms with E-state index in [9.17, 15) is 14.4 Å². The second kappa shape index (κ2) is 12.5. The van der Waals surface area contributed by atoms with Gasteiger partial charge >= 0.3 is 6.09 Å². The Balaban J connectivity index is 1.67. The molecule has 8 heteroatoms. The Labute approximate surface area is 213 Å². The average molecular weight is 496 g/mol. The van der Waals surface area contributed by atoms with Crippen LogP contribution in [0.2, 0.25) is 0 Å². The minimum Gasteiger partial charge on any atom is -0.444 e. The van der Waals surface area contributed by atoms with Crippen molar-refractivity contribution in [3.63, 3.8) is 0 Å². The van der Waals surface area contributed by atoms with Crippen molar-refractivity contribution in [1.82, 2.24) is 15.5 Å². The number of carbonyl (C=O) groups is 3. The van der Waals surface area contributed by atoms with E-state index in [0.29, 0.717) is 31.6 Å². The van der Waals surface area contributed by atoms with E-state index in [1.165, 1.54) is 0 Å². The number of hydrogen-bond acceptors (Lipinski definition) is 5. The first-order valence-electron chi connectivity index (χ1n) is 12.5. The Morgan fingerprint density at radius 3 is 2.47 bits per heavy atom. The SMILES string of the molecule is CC(C)(C)OC(=O)N[C@@H](CC(=O)NCC1CN(CCCCO)C(=O)c2ccccc21)c1ccccc1. The van der Waals surface area contributed by atoms with Gasteiger partial charge < -0.3 is 25.4 Å². The molecule has 0 radical (unpaired) electrons. The number of aliphatic hydroxyl groups excluding tert-OH is 1. The highest BCUT2D eigenvalue weighted by Gasteiger charge is 2.31. The van der Waals surface area contributed by atoms with Gasteiger partial charge in [0, 0.05) is 37.7 Å². The summed E-state index contributed by atoms with van der Waals surface area (Å²) in [5.74, 6) is -0.274. The molecule has 1 heterocycles. The first kappa shape index (κ1) is 27.2. The maximum atomic E-state index is 13.0. The second-order valence-corrected chi connectivity index (χ2v) is 10.1. The van der Waals surface area contributed by atoms with Gasteiger partial charge in [-0.2, -0.15) is 0 Å². The van der Waals surface area contributed by atoms with E-state index in [0.717, 1.165) is 17.5 Å². The van der Waals surface area contributed by atoms with Gasteiger partial charge in [-0.1, -0.05) is 48.5 Å². The first-order chi connectivity index (χ1) is 17.2. The van der Waals surface area contributed by atoms with Crippen molar-refractivity contribution in [1.29, 1.82) is 0 Å². The molecule has 0 saturated carbocycles. The van der Waals surface area contributed by atoms with Crippen LogP contribution in [0.3, 0.4) is 0 Å². The Hall–Kier alpha value is -3.39. The molecule has 1 aliphatic rings. The molecule has 0 aromatic heterocycles. The fourth-order valence-corrected chi connectivity index (χ4v) is 4.33. The maximum absolute atomic E-state index is 13.0. The summed E-state index contributed by atoms with van der Waals surface area (Å²) in [6.45, 7) is 6.89. The molecule has 3 amide bonds. The summed E-state index contributed by atoms with van der Waals surface area (Å²) in [5, 5.41) is 14.9. The average Bonchev–Trinajstić information content (AvgIpc) is 2.84. The summed E-state index contributed by atoms with van der Waals surface area (Å²) in [7, 11) is 0. The lowest BCUT2D eigenvalue weighted by Crippen LogP contribution is -2.44. The maximum Gasteiger partial charge on any atom is 0.408 e. The zero-order chi connectivity index (χ0) is 26.1. The van der Waals surface area contributed by atoms with Crippen LogP contribution in [0.15, 0.2) is 54.6 Å². The number of aliphatic hydroxyl groups is 1. The van der Waals surface area contributed by atoms with Gasteiger partial charge in [-0.15, -0.1) is 0 Å². The van der Waals surface area contributed by atoms with Crippen molar-refractivity contribution in [2.75, 3.05) is 26.2 Å². The molecular formula is C28H37N3O5. The quantitative estimate of drug-likeness (QED) is 0.435. The standard InChI is InChI=1S/C28H37N3O5/c1-28(2,3)36-27(35)30-24(20-11-5-4-6-12-20)17-25(33)29-18-21-19-31(15-9-10-16-32)26(34)23-14-8-7-13-22(21)23/h4-8,11-14,21,24,32H,9-10,15-19H2,1-3H3,(H,29,33)(H,30,35)/t21?,24-/m0/s1. The van der Waals surface area contributed by atoms with Crippen LogP contribution in [0.4, 0.5) is 4.79 Å². The van der Waals surface area contributed by atoms with Crippen LogP contribution in [0.5, 0.6) is 0 Å². The van der Waals surface area contributed by atoms with Gasteiger partial charge in [-0.3, -0.25) is 9.59 Å². The van der Waals surface area contributed by atoms with E-state index < -0.39 is 17.7 Å². The fraction of sp³-hybridized carbons (Fsp3) is 0.464. The number of rotatable bonds is 10. The number of hydrogen-bond donors (Lipinski definition) is 3. The summed E-state index contributed by atoms with van der Waals surface area (Å²) >= 11 is 0. The molecule has 2 atom stereocenters. The van der Waals surface area contributed by atoms with Crippen LogP contribution in [-0.2, 0) is 9.53 Å². The number of nitrogens with zero attached hydrogens (tertiary/aromatic N) is 1. The topological polar surface area (TPSA) is 108 Å². The van der Waals surface area contributed by atoms with Crippen molar-refractivity contribution >= 4 is 17.9 Å². The van der Waals surface area contributed by atoms with Gasteiger partial charge in [-0.25, -0.2) is 4.79 Å². The monoisotopic (exact) mass is 495 g/mol. The van der Waals surface area contributed by atoms with Crippen molar-refractivity contribution in [3.8, 4) is 0 Å². The third-order valence-electron chi connectivity index (χ3n) is 6.02. The van der Waals surface area contributed by atoms with Gasteiger partial charge in [0.05, 0.1) is 12.5 Å². The van der Waals surface area contributed by atoms with Gasteiger partial charge in [0.2, 0.25) is 5.91 Å². The number of carbonyl (C=O) groups excluding carboxylic acids is 3. The highest BCUT2D eigenvalue weighted by atomic mass is 16.6. The number of ether oxygens (including phenoxy) is 1. The molecule has 1 aliphatic heterocycles. The number of benzene rings is 2. The smallest absolute Gasteiger partial charge is 0.408 e. The number of unbranched alkanes of at least 4 members (excludes halogenated alkanes) is 1.